The molecule has 1 aromatic heterocycles. The van der Waals surface area contributed by atoms with Gasteiger partial charge in [-0.25, -0.2) is 4.98 Å². The Labute approximate surface area is 95.9 Å². The van der Waals surface area contributed by atoms with Gasteiger partial charge in [0.15, 0.2) is 0 Å². The normalized spacial score (nSPS) is 13.0. The van der Waals surface area contributed by atoms with Crippen LogP contribution in [0, 0.1) is 6.92 Å². The maximum absolute atomic E-state index is 5.49. The number of aromatic nitrogens is 1. The molecule has 4 heteroatoms. The van der Waals surface area contributed by atoms with Crippen molar-refractivity contribution in [3.05, 3.63) is 16.1 Å². The van der Waals surface area contributed by atoms with Gasteiger partial charge in [-0.15, -0.1) is 11.3 Å². The van der Waals surface area contributed by atoms with Crippen LogP contribution in [0.1, 0.15) is 36.9 Å². The van der Waals surface area contributed by atoms with E-state index in [0.29, 0.717) is 6.04 Å². The standard InChI is InChI=1S/C11H20N2OS/c1-4-6-12-10(7-14-5-2)11-9(3)13-8-15-11/h8,10,12H,4-7H2,1-3H3. The van der Waals surface area contributed by atoms with E-state index in [9.17, 15) is 0 Å². The zero-order valence-corrected chi connectivity index (χ0v) is 10.6. The van der Waals surface area contributed by atoms with Crippen molar-refractivity contribution in [1.82, 2.24) is 10.3 Å². The highest BCUT2D eigenvalue weighted by Crippen LogP contribution is 2.21. The molecule has 86 valence electrons. The zero-order chi connectivity index (χ0) is 11.1. The molecule has 0 aliphatic heterocycles. The Balaban J connectivity index is 2.58. The van der Waals surface area contributed by atoms with E-state index in [0.717, 1.165) is 31.9 Å². The van der Waals surface area contributed by atoms with Gasteiger partial charge in [0.05, 0.1) is 23.9 Å². The number of hydrogen-bond acceptors (Lipinski definition) is 4. The Kier molecular flexibility index (Phi) is 5.83. The second-order valence-corrected chi connectivity index (χ2v) is 4.35. The van der Waals surface area contributed by atoms with E-state index in [4.69, 9.17) is 4.74 Å². The first-order valence-electron chi connectivity index (χ1n) is 5.50. The quantitative estimate of drug-likeness (QED) is 0.778. The predicted octanol–water partition coefficient (Wildman–Crippen LogP) is 2.53. The van der Waals surface area contributed by atoms with Crippen LogP contribution in [0.4, 0.5) is 0 Å². The van der Waals surface area contributed by atoms with Crippen LogP contribution in [0.3, 0.4) is 0 Å². The van der Waals surface area contributed by atoms with Crippen molar-refractivity contribution >= 4 is 11.3 Å². The van der Waals surface area contributed by atoms with Crippen LogP contribution >= 0.6 is 11.3 Å². The highest BCUT2D eigenvalue weighted by Gasteiger charge is 2.15. The highest BCUT2D eigenvalue weighted by atomic mass is 32.1. The molecule has 0 spiro atoms. The molecule has 0 saturated carbocycles. The Morgan fingerprint density at radius 3 is 2.87 bits per heavy atom. The maximum Gasteiger partial charge on any atom is 0.0798 e. The van der Waals surface area contributed by atoms with Crippen LogP contribution in [0.15, 0.2) is 5.51 Å². The van der Waals surface area contributed by atoms with Crippen LogP contribution in [0.25, 0.3) is 0 Å². The van der Waals surface area contributed by atoms with Gasteiger partial charge >= 0.3 is 0 Å². The number of aryl methyl sites for hydroxylation is 1. The Morgan fingerprint density at radius 2 is 2.33 bits per heavy atom. The summed E-state index contributed by atoms with van der Waals surface area (Å²) in [7, 11) is 0. The van der Waals surface area contributed by atoms with E-state index in [1.54, 1.807) is 11.3 Å². The largest absolute Gasteiger partial charge is 0.380 e. The number of nitrogens with zero attached hydrogens (tertiary/aromatic N) is 1. The molecule has 3 nitrogen and oxygen atoms in total. The lowest BCUT2D eigenvalue weighted by atomic mass is 10.2. The molecular weight excluding hydrogens is 208 g/mol. The van der Waals surface area contributed by atoms with E-state index in [1.165, 1.54) is 4.88 Å². The minimum absolute atomic E-state index is 0.303. The molecule has 0 radical (unpaired) electrons. The van der Waals surface area contributed by atoms with Crippen molar-refractivity contribution in [3.63, 3.8) is 0 Å². The van der Waals surface area contributed by atoms with Crippen molar-refractivity contribution in [2.45, 2.75) is 33.2 Å². The number of nitrogens with one attached hydrogen (secondary N) is 1. The third-order valence-electron chi connectivity index (χ3n) is 2.23. The Bertz CT molecular complexity index is 267. The first kappa shape index (κ1) is 12.6. The molecule has 0 aromatic carbocycles. The molecule has 0 aliphatic rings. The number of hydrogen-bond donors (Lipinski definition) is 1. The zero-order valence-electron chi connectivity index (χ0n) is 9.75. The lowest BCUT2D eigenvalue weighted by molar-refractivity contribution is 0.123. The van der Waals surface area contributed by atoms with Crippen molar-refractivity contribution < 1.29 is 4.74 Å². The fourth-order valence-electron chi connectivity index (χ4n) is 1.43. The van der Waals surface area contributed by atoms with E-state index in [2.05, 4.69) is 24.1 Å². The van der Waals surface area contributed by atoms with E-state index in [-0.39, 0.29) is 0 Å². The third kappa shape index (κ3) is 3.89. The lowest BCUT2D eigenvalue weighted by Gasteiger charge is -2.17. The van der Waals surface area contributed by atoms with Gasteiger partial charge in [-0.3, -0.25) is 0 Å². The van der Waals surface area contributed by atoms with Gasteiger partial charge in [0.25, 0.3) is 0 Å². The molecule has 1 aromatic rings. The fourth-order valence-corrected chi connectivity index (χ4v) is 2.29. The molecule has 0 saturated heterocycles. The molecule has 1 N–H and O–H groups in total. The van der Waals surface area contributed by atoms with Crippen molar-refractivity contribution in [2.24, 2.45) is 0 Å². The minimum Gasteiger partial charge on any atom is -0.380 e. The SMILES string of the molecule is CCCNC(COCC)c1scnc1C. The van der Waals surface area contributed by atoms with Crippen LogP contribution in [-0.2, 0) is 4.74 Å². The summed E-state index contributed by atoms with van der Waals surface area (Å²) in [5, 5.41) is 3.49. The van der Waals surface area contributed by atoms with Crippen molar-refractivity contribution in [3.8, 4) is 0 Å². The van der Waals surface area contributed by atoms with Gasteiger partial charge in [0, 0.05) is 11.5 Å². The first-order valence-corrected chi connectivity index (χ1v) is 6.38. The Morgan fingerprint density at radius 1 is 1.53 bits per heavy atom. The Hall–Kier alpha value is -0.450. The van der Waals surface area contributed by atoms with E-state index < -0.39 is 0 Å². The average molecular weight is 228 g/mol. The monoisotopic (exact) mass is 228 g/mol. The summed E-state index contributed by atoms with van der Waals surface area (Å²) < 4.78 is 5.49. The second-order valence-electron chi connectivity index (χ2n) is 3.47. The first-order chi connectivity index (χ1) is 7.29. The van der Waals surface area contributed by atoms with Crippen LogP contribution in [0.2, 0.25) is 0 Å². The average Bonchev–Trinajstić information content (AvgIpc) is 2.65. The summed E-state index contributed by atoms with van der Waals surface area (Å²) in [5.41, 5.74) is 3.02. The smallest absolute Gasteiger partial charge is 0.0798 e. The molecule has 15 heavy (non-hydrogen) atoms. The number of thiazole rings is 1. The summed E-state index contributed by atoms with van der Waals surface area (Å²) in [6, 6.07) is 0.303. The maximum atomic E-state index is 5.49. The van der Waals surface area contributed by atoms with Crippen LogP contribution < -0.4 is 5.32 Å². The summed E-state index contributed by atoms with van der Waals surface area (Å²) in [6.07, 6.45) is 1.14. The third-order valence-corrected chi connectivity index (χ3v) is 3.27. The fraction of sp³-hybridized carbons (Fsp3) is 0.727. The highest BCUT2D eigenvalue weighted by molar-refractivity contribution is 7.09. The molecule has 1 atom stereocenters. The van der Waals surface area contributed by atoms with Gasteiger partial charge in [-0.1, -0.05) is 6.92 Å². The summed E-state index contributed by atoms with van der Waals surface area (Å²) in [5.74, 6) is 0. The van der Waals surface area contributed by atoms with E-state index in [1.807, 2.05) is 12.4 Å². The van der Waals surface area contributed by atoms with Gasteiger partial charge in [-0.05, 0) is 26.8 Å². The predicted molar refractivity (Wildman–Crippen MR) is 64.4 cm³/mol. The lowest BCUT2D eigenvalue weighted by Crippen LogP contribution is -2.26. The van der Waals surface area contributed by atoms with Gasteiger partial charge in [0.2, 0.25) is 0 Å². The number of ether oxygens (including phenoxy) is 1. The summed E-state index contributed by atoms with van der Waals surface area (Å²) in [6.45, 7) is 8.77. The molecule has 1 heterocycles. The summed E-state index contributed by atoms with van der Waals surface area (Å²) in [4.78, 5) is 5.58. The second kappa shape index (κ2) is 6.93. The van der Waals surface area contributed by atoms with Crippen LogP contribution in [0.5, 0.6) is 0 Å². The van der Waals surface area contributed by atoms with E-state index >= 15 is 0 Å². The molecule has 0 bridgehead atoms. The van der Waals surface area contributed by atoms with Gasteiger partial charge in [0.1, 0.15) is 0 Å². The molecule has 0 fully saturated rings. The van der Waals surface area contributed by atoms with Crippen LogP contribution in [-0.4, -0.2) is 24.7 Å². The molecule has 1 unspecified atom stereocenters. The molecule has 0 aliphatic carbocycles. The summed E-state index contributed by atoms with van der Waals surface area (Å²) >= 11 is 1.70. The van der Waals surface area contributed by atoms with Gasteiger partial charge < -0.3 is 10.1 Å². The molecule has 0 amide bonds. The molecular formula is C11H20N2OS. The van der Waals surface area contributed by atoms with Gasteiger partial charge in [-0.2, -0.15) is 0 Å². The topological polar surface area (TPSA) is 34.1 Å². The molecule has 1 rings (SSSR count). The number of rotatable bonds is 7. The minimum atomic E-state index is 0.303. The van der Waals surface area contributed by atoms with Crippen molar-refractivity contribution in [2.75, 3.05) is 19.8 Å². The van der Waals surface area contributed by atoms with Crippen molar-refractivity contribution in [1.29, 1.82) is 0 Å².